The first-order valence-corrected chi connectivity index (χ1v) is 9.73. The number of hydrogen-bond acceptors (Lipinski definition) is 3. The van der Waals surface area contributed by atoms with Gasteiger partial charge in [-0.3, -0.25) is 10.1 Å². The van der Waals surface area contributed by atoms with E-state index in [1.54, 1.807) is 43.3 Å². The molecule has 0 bridgehead atoms. The number of anilines is 1. The van der Waals surface area contributed by atoms with Crippen molar-refractivity contribution in [1.82, 2.24) is 5.32 Å². The molecule has 1 aliphatic rings. The standard InChI is InChI=1S/C20H19Cl3N2O3/c1-12-5-3-4-6-14(12)17(26)25-18(27)24-13-7-8-16(15(21)9-13)28-11-19(2)10-20(19,22)23/h3-9H,10-11H2,1-2H3,(H2,24,25,26,27). The summed E-state index contributed by atoms with van der Waals surface area (Å²) in [6, 6.07) is 11.2. The van der Waals surface area contributed by atoms with Gasteiger partial charge < -0.3 is 10.1 Å². The molecule has 2 aromatic rings. The van der Waals surface area contributed by atoms with E-state index in [1.807, 2.05) is 13.0 Å². The lowest BCUT2D eigenvalue weighted by Gasteiger charge is -2.15. The van der Waals surface area contributed by atoms with E-state index in [9.17, 15) is 9.59 Å². The average Bonchev–Trinajstić information content (AvgIpc) is 3.12. The fraction of sp³-hybridized carbons (Fsp3) is 0.300. The van der Waals surface area contributed by atoms with E-state index in [0.29, 0.717) is 35.1 Å². The molecule has 148 valence electrons. The first kappa shape index (κ1) is 20.8. The molecule has 3 amide bonds. The molecule has 1 atom stereocenters. The number of carbonyl (C=O) groups is 2. The summed E-state index contributed by atoms with van der Waals surface area (Å²) in [5, 5.41) is 5.19. The van der Waals surface area contributed by atoms with Gasteiger partial charge in [-0.25, -0.2) is 4.79 Å². The van der Waals surface area contributed by atoms with E-state index in [-0.39, 0.29) is 5.41 Å². The molecule has 1 unspecified atom stereocenters. The number of carbonyl (C=O) groups excluding carboxylic acids is 2. The predicted molar refractivity (Wildman–Crippen MR) is 112 cm³/mol. The molecular formula is C20H19Cl3N2O3. The van der Waals surface area contributed by atoms with Crippen LogP contribution in [0.5, 0.6) is 5.75 Å². The normalized spacial score (nSPS) is 19.6. The smallest absolute Gasteiger partial charge is 0.326 e. The molecule has 0 radical (unpaired) electrons. The summed E-state index contributed by atoms with van der Waals surface area (Å²) in [5.74, 6) is -0.0224. The van der Waals surface area contributed by atoms with Crippen LogP contribution >= 0.6 is 34.8 Å². The molecule has 0 spiro atoms. The molecule has 1 saturated carbocycles. The molecule has 3 rings (SSSR count). The molecule has 0 saturated heterocycles. The van der Waals surface area contributed by atoms with Crippen molar-refractivity contribution in [2.75, 3.05) is 11.9 Å². The quantitative estimate of drug-likeness (QED) is 0.596. The van der Waals surface area contributed by atoms with Crippen molar-refractivity contribution in [3.63, 3.8) is 0 Å². The van der Waals surface area contributed by atoms with E-state index in [2.05, 4.69) is 10.6 Å². The van der Waals surface area contributed by atoms with Crippen LogP contribution in [0.2, 0.25) is 5.02 Å². The van der Waals surface area contributed by atoms with Crippen LogP contribution in [0.4, 0.5) is 10.5 Å². The van der Waals surface area contributed by atoms with Crippen molar-refractivity contribution in [3.8, 4) is 5.75 Å². The van der Waals surface area contributed by atoms with Crippen molar-refractivity contribution < 1.29 is 14.3 Å². The molecule has 8 heteroatoms. The van der Waals surface area contributed by atoms with Crippen LogP contribution in [0.15, 0.2) is 42.5 Å². The Morgan fingerprint density at radius 3 is 2.46 bits per heavy atom. The number of ether oxygens (including phenoxy) is 1. The lowest BCUT2D eigenvalue weighted by atomic mass is 10.1. The predicted octanol–water partition coefficient (Wildman–Crippen LogP) is 5.57. The van der Waals surface area contributed by atoms with Crippen molar-refractivity contribution in [2.45, 2.75) is 24.6 Å². The number of benzene rings is 2. The Bertz CT molecular complexity index is 933. The minimum absolute atomic E-state index is 0.313. The van der Waals surface area contributed by atoms with Crippen LogP contribution in [0.3, 0.4) is 0 Å². The maximum absolute atomic E-state index is 12.2. The molecule has 2 aromatic carbocycles. The summed E-state index contributed by atoms with van der Waals surface area (Å²) in [7, 11) is 0. The van der Waals surface area contributed by atoms with Crippen molar-refractivity contribution in [3.05, 3.63) is 58.6 Å². The minimum atomic E-state index is -0.775. The van der Waals surface area contributed by atoms with Gasteiger partial charge in [0, 0.05) is 16.7 Å². The van der Waals surface area contributed by atoms with Gasteiger partial charge in [0.05, 0.1) is 11.6 Å². The van der Waals surface area contributed by atoms with E-state index >= 15 is 0 Å². The Hall–Kier alpha value is -1.95. The zero-order valence-electron chi connectivity index (χ0n) is 15.3. The lowest BCUT2D eigenvalue weighted by Crippen LogP contribution is -2.34. The van der Waals surface area contributed by atoms with Crippen molar-refractivity contribution in [1.29, 1.82) is 0 Å². The van der Waals surface area contributed by atoms with Gasteiger partial charge in [-0.05, 0) is 43.2 Å². The fourth-order valence-electron chi connectivity index (χ4n) is 2.70. The second kappa shape index (κ2) is 7.82. The van der Waals surface area contributed by atoms with Gasteiger partial charge in [-0.15, -0.1) is 23.2 Å². The minimum Gasteiger partial charge on any atom is -0.491 e. The third-order valence-corrected chi connectivity index (χ3v) is 6.20. The molecule has 5 nitrogen and oxygen atoms in total. The zero-order chi connectivity index (χ0) is 20.5. The van der Waals surface area contributed by atoms with Crippen LogP contribution in [-0.4, -0.2) is 22.9 Å². The van der Waals surface area contributed by atoms with Gasteiger partial charge in [-0.1, -0.05) is 36.7 Å². The topological polar surface area (TPSA) is 67.4 Å². The van der Waals surface area contributed by atoms with E-state index in [1.165, 1.54) is 0 Å². The second-order valence-electron chi connectivity index (χ2n) is 7.10. The highest BCUT2D eigenvalue weighted by Gasteiger charge is 2.63. The number of hydrogen-bond donors (Lipinski definition) is 2. The van der Waals surface area contributed by atoms with Crippen molar-refractivity contribution in [2.24, 2.45) is 5.41 Å². The highest BCUT2D eigenvalue weighted by molar-refractivity contribution is 6.51. The van der Waals surface area contributed by atoms with Gasteiger partial charge in [0.2, 0.25) is 0 Å². The number of alkyl halides is 2. The highest BCUT2D eigenvalue weighted by Crippen LogP contribution is 2.63. The van der Waals surface area contributed by atoms with Crippen LogP contribution in [0, 0.1) is 12.3 Å². The Morgan fingerprint density at radius 2 is 1.86 bits per heavy atom. The molecule has 2 N–H and O–H groups in total. The van der Waals surface area contributed by atoms with Gasteiger partial charge in [-0.2, -0.15) is 0 Å². The SMILES string of the molecule is Cc1ccccc1C(=O)NC(=O)Nc1ccc(OCC2(C)CC2(Cl)Cl)c(Cl)c1. The highest BCUT2D eigenvalue weighted by atomic mass is 35.5. The number of halogens is 3. The Morgan fingerprint density at radius 1 is 1.18 bits per heavy atom. The molecule has 0 heterocycles. The fourth-order valence-corrected chi connectivity index (χ4v) is 3.63. The van der Waals surface area contributed by atoms with E-state index < -0.39 is 16.3 Å². The van der Waals surface area contributed by atoms with Gasteiger partial charge in [0.15, 0.2) is 0 Å². The molecule has 1 fully saturated rings. The van der Waals surface area contributed by atoms with Crippen LogP contribution in [0.25, 0.3) is 0 Å². The van der Waals surface area contributed by atoms with Crippen LogP contribution in [-0.2, 0) is 0 Å². The van der Waals surface area contributed by atoms with Gasteiger partial charge in [0.25, 0.3) is 5.91 Å². The number of amides is 3. The Kier molecular flexibility index (Phi) is 5.80. The summed E-state index contributed by atoms with van der Waals surface area (Å²) < 4.78 is 4.94. The summed E-state index contributed by atoms with van der Waals surface area (Å²) >= 11 is 18.4. The van der Waals surface area contributed by atoms with E-state index in [4.69, 9.17) is 39.5 Å². The molecule has 0 aliphatic heterocycles. The van der Waals surface area contributed by atoms with Gasteiger partial charge >= 0.3 is 6.03 Å². The number of nitrogens with one attached hydrogen (secondary N) is 2. The number of aryl methyl sites for hydroxylation is 1. The summed E-state index contributed by atoms with van der Waals surface area (Å²) in [6.45, 7) is 4.07. The first-order chi connectivity index (χ1) is 13.1. The summed E-state index contributed by atoms with van der Waals surface area (Å²) in [4.78, 5) is 24.3. The van der Waals surface area contributed by atoms with Crippen LogP contribution in [0.1, 0.15) is 29.3 Å². The molecular weight excluding hydrogens is 423 g/mol. The maximum atomic E-state index is 12.2. The summed E-state index contributed by atoms with van der Waals surface area (Å²) in [5.41, 5.74) is 1.32. The maximum Gasteiger partial charge on any atom is 0.326 e. The average molecular weight is 442 g/mol. The zero-order valence-corrected chi connectivity index (χ0v) is 17.6. The Balaban J connectivity index is 1.57. The van der Waals surface area contributed by atoms with E-state index in [0.717, 1.165) is 5.56 Å². The van der Waals surface area contributed by atoms with Gasteiger partial charge in [0.1, 0.15) is 10.1 Å². The third kappa shape index (κ3) is 4.54. The lowest BCUT2D eigenvalue weighted by molar-refractivity contribution is 0.0966. The van der Waals surface area contributed by atoms with Crippen molar-refractivity contribution >= 4 is 52.4 Å². The second-order valence-corrected chi connectivity index (χ2v) is 8.99. The number of imide groups is 1. The molecule has 28 heavy (non-hydrogen) atoms. The monoisotopic (exact) mass is 440 g/mol. The summed E-state index contributed by atoms with van der Waals surface area (Å²) in [6.07, 6.45) is 0.648. The third-order valence-electron chi connectivity index (χ3n) is 4.72. The number of rotatable bonds is 5. The molecule has 0 aromatic heterocycles. The van der Waals surface area contributed by atoms with Crippen LogP contribution < -0.4 is 15.4 Å². The molecule has 1 aliphatic carbocycles. The number of urea groups is 1. The first-order valence-electron chi connectivity index (χ1n) is 8.59. The Labute approximate surface area is 178 Å². The largest absolute Gasteiger partial charge is 0.491 e.